The summed E-state index contributed by atoms with van der Waals surface area (Å²) in [6.45, 7) is 3.14. The first kappa shape index (κ1) is 13.3. The van der Waals surface area contributed by atoms with Gasteiger partial charge in [0.25, 0.3) is 0 Å². The Bertz CT molecular complexity index is 526. The molecule has 106 valence electrons. The largest absolute Gasteiger partial charge is 0.308 e. The van der Waals surface area contributed by atoms with Crippen LogP contribution in [0, 0.1) is 5.92 Å². The van der Waals surface area contributed by atoms with E-state index in [1.807, 2.05) is 18.2 Å². The number of benzene rings is 1. The van der Waals surface area contributed by atoms with Crippen LogP contribution in [-0.4, -0.2) is 21.5 Å². The van der Waals surface area contributed by atoms with Crippen molar-refractivity contribution < 1.29 is 0 Å². The monoisotopic (exact) mass is 270 g/mol. The summed E-state index contributed by atoms with van der Waals surface area (Å²) in [6, 6.07) is 10.9. The van der Waals surface area contributed by atoms with E-state index in [2.05, 4.69) is 39.8 Å². The molecular weight excluding hydrogens is 248 g/mol. The Morgan fingerprint density at radius 3 is 2.60 bits per heavy atom. The maximum absolute atomic E-state index is 4.29. The Morgan fingerprint density at radius 1 is 1.10 bits per heavy atom. The van der Waals surface area contributed by atoms with Gasteiger partial charge < -0.3 is 5.32 Å². The Balaban J connectivity index is 1.63. The summed E-state index contributed by atoms with van der Waals surface area (Å²) in [5.41, 5.74) is 3.09. The molecule has 1 aliphatic rings. The van der Waals surface area contributed by atoms with Crippen molar-refractivity contribution in [3.05, 3.63) is 36.0 Å². The lowest BCUT2D eigenvalue weighted by atomic mass is 9.87. The summed E-state index contributed by atoms with van der Waals surface area (Å²) >= 11 is 0. The van der Waals surface area contributed by atoms with Crippen molar-refractivity contribution >= 4 is 0 Å². The SMILES string of the molecule is CC1CCC(NCc2n[nH]nc2-c2ccccc2)CC1. The fourth-order valence-electron chi connectivity index (χ4n) is 2.91. The summed E-state index contributed by atoms with van der Waals surface area (Å²) < 4.78 is 0. The second kappa shape index (κ2) is 6.18. The lowest BCUT2D eigenvalue weighted by molar-refractivity contribution is 0.306. The minimum atomic E-state index is 0.631. The summed E-state index contributed by atoms with van der Waals surface area (Å²) in [5.74, 6) is 0.889. The van der Waals surface area contributed by atoms with Gasteiger partial charge in [-0.1, -0.05) is 37.3 Å². The normalized spacial score (nSPS) is 22.9. The predicted molar refractivity (Wildman–Crippen MR) is 80.1 cm³/mol. The third-order valence-corrected chi connectivity index (χ3v) is 4.24. The maximum atomic E-state index is 4.29. The maximum Gasteiger partial charge on any atom is 0.117 e. The molecular formula is C16H22N4. The third kappa shape index (κ3) is 3.07. The van der Waals surface area contributed by atoms with Crippen molar-refractivity contribution in [1.29, 1.82) is 0 Å². The van der Waals surface area contributed by atoms with Gasteiger partial charge in [-0.3, -0.25) is 0 Å². The lowest BCUT2D eigenvalue weighted by Gasteiger charge is -2.26. The molecule has 1 aliphatic carbocycles. The Kier molecular flexibility index (Phi) is 4.11. The highest BCUT2D eigenvalue weighted by molar-refractivity contribution is 5.60. The van der Waals surface area contributed by atoms with Crippen molar-refractivity contribution in [1.82, 2.24) is 20.7 Å². The van der Waals surface area contributed by atoms with Gasteiger partial charge in [-0.2, -0.15) is 15.4 Å². The van der Waals surface area contributed by atoms with Crippen molar-refractivity contribution in [3.8, 4) is 11.3 Å². The molecule has 0 saturated heterocycles. The van der Waals surface area contributed by atoms with Crippen LogP contribution in [0.4, 0.5) is 0 Å². The van der Waals surface area contributed by atoms with Crippen molar-refractivity contribution in [2.75, 3.05) is 0 Å². The summed E-state index contributed by atoms with van der Waals surface area (Å²) in [7, 11) is 0. The third-order valence-electron chi connectivity index (χ3n) is 4.24. The molecule has 0 amide bonds. The van der Waals surface area contributed by atoms with E-state index < -0.39 is 0 Å². The quantitative estimate of drug-likeness (QED) is 0.897. The van der Waals surface area contributed by atoms with Gasteiger partial charge in [-0.05, 0) is 31.6 Å². The van der Waals surface area contributed by atoms with Crippen LogP contribution in [0.2, 0.25) is 0 Å². The Labute approximate surface area is 120 Å². The standard InChI is InChI=1S/C16H22N4/c1-12-7-9-14(10-8-12)17-11-15-16(19-20-18-15)13-5-3-2-4-6-13/h2-6,12,14,17H,7-11H2,1H3,(H,18,19,20). The van der Waals surface area contributed by atoms with Gasteiger partial charge in [0, 0.05) is 18.2 Å². The van der Waals surface area contributed by atoms with Crippen LogP contribution in [0.1, 0.15) is 38.3 Å². The molecule has 0 radical (unpaired) electrons. The number of H-pyrrole nitrogens is 1. The molecule has 0 aliphatic heterocycles. The van der Waals surface area contributed by atoms with Gasteiger partial charge in [-0.25, -0.2) is 0 Å². The summed E-state index contributed by atoms with van der Waals surface area (Å²) in [5, 5.41) is 15.0. The number of aromatic amines is 1. The van der Waals surface area contributed by atoms with E-state index in [0.29, 0.717) is 6.04 Å². The van der Waals surface area contributed by atoms with Crippen LogP contribution >= 0.6 is 0 Å². The molecule has 0 unspecified atom stereocenters. The van der Waals surface area contributed by atoms with E-state index in [9.17, 15) is 0 Å². The molecule has 1 aromatic heterocycles. The second-order valence-corrected chi connectivity index (χ2v) is 5.82. The van der Waals surface area contributed by atoms with E-state index in [0.717, 1.165) is 29.4 Å². The number of rotatable bonds is 4. The number of hydrogen-bond acceptors (Lipinski definition) is 3. The van der Waals surface area contributed by atoms with Crippen molar-refractivity contribution in [2.45, 2.75) is 45.2 Å². The summed E-state index contributed by atoms with van der Waals surface area (Å²) in [4.78, 5) is 0. The average Bonchev–Trinajstić information content (AvgIpc) is 2.96. The van der Waals surface area contributed by atoms with E-state index in [-0.39, 0.29) is 0 Å². The average molecular weight is 270 g/mol. The Hall–Kier alpha value is -1.68. The molecule has 1 saturated carbocycles. The zero-order valence-corrected chi connectivity index (χ0v) is 12.0. The van der Waals surface area contributed by atoms with E-state index in [1.165, 1.54) is 25.7 Å². The van der Waals surface area contributed by atoms with Crippen LogP contribution in [0.15, 0.2) is 30.3 Å². The molecule has 3 rings (SSSR count). The molecule has 0 bridgehead atoms. The van der Waals surface area contributed by atoms with Gasteiger partial charge in [0.1, 0.15) is 11.4 Å². The van der Waals surface area contributed by atoms with Crippen molar-refractivity contribution in [2.24, 2.45) is 5.92 Å². The van der Waals surface area contributed by atoms with Gasteiger partial charge in [-0.15, -0.1) is 0 Å². The molecule has 1 aromatic carbocycles. The zero-order chi connectivity index (χ0) is 13.8. The van der Waals surface area contributed by atoms with Gasteiger partial charge in [0.05, 0.1) is 0 Å². The van der Waals surface area contributed by atoms with Gasteiger partial charge in [0.2, 0.25) is 0 Å². The molecule has 2 aromatic rings. The molecule has 0 atom stereocenters. The van der Waals surface area contributed by atoms with Crippen LogP contribution < -0.4 is 5.32 Å². The fourth-order valence-corrected chi connectivity index (χ4v) is 2.91. The number of hydrogen-bond donors (Lipinski definition) is 2. The zero-order valence-electron chi connectivity index (χ0n) is 12.0. The minimum Gasteiger partial charge on any atom is -0.308 e. The molecule has 1 fully saturated rings. The number of aromatic nitrogens is 3. The van der Waals surface area contributed by atoms with E-state index >= 15 is 0 Å². The smallest absolute Gasteiger partial charge is 0.117 e. The lowest BCUT2D eigenvalue weighted by Crippen LogP contribution is -2.32. The fraction of sp³-hybridized carbons (Fsp3) is 0.500. The summed E-state index contributed by atoms with van der Waals surface area (Å²) in [6.07, 6.45) is 5.23. The molecule has 2 N–H and O–H groups in total. The van der Waals surface area contributed by atoms with Crippen LogP contribution in [0.25, 0.3) is 11.3 Å². The topological polar surface area (TPSA) is 53.6 Å². The first-order valence-electron chi connectivity index (χ1n) is 7.51. The van der Waals surface area contributed by atoms with Crippen molar-refractivity contribution in [3.63, 3.8) is 0 Å². The highest BCUT2D eigenvalue weighted by Crippen LogP contribution is 2.24. The Morgan fingerprint density at radius 2 is 1.85 bits per heavy atom. The molecule has 4 nitrogen and oxygen atoms in total. The molecule has 4 heteroatoms. The molecule has 0 spiro atoms. The molecule has 1 heterocycles. The van der Waals surface area contributed by atoms with Crippen LogP contribution in [-0.2, 0) is 6.54 Å². The first-order valence-corrected chi connectivity index (χ1v) is 7.51. The van der Waals surface area contributed by atoms with Crippen LogP contribution in [0.3, 0.4) is 0 Å². The van der Waals surface area contributed by atoms with Gasteiger partial charge in [0.15, 0.2) is 0 Å². The number of nitrogens with one attached hydrogen (secondary N) is 2. The van der Waals surface area contributed by atoms with E-state index in [1.54, 1.807) is 0 Å². The second-order valence-electron chi connectivity index (χ2n) is 5.82. The minimum absolute atomic E-state index is 0.631. The highest BCUT2D eigenvalue weighted by Gasteiger charge is 2.18. The first-order chi connectivity index (χ1) is 9.83. The number of nitrogens with zero attached hydrogens (tertiary/aromatic N) is 2. The van der Waals surface area contributed by atoms with Crippen LogP contribution in [0.5, 0.6) is 0 Å². The predicted octanol–water partition coefficient (Wildman–Crippen LogP) is 3.14. The van der Waals surface area contributed by atoms with E-state index in [4.69, 9.17) is 0 Å². The highest BCUT2D eigenvalue weighted by atomic mass is 15.3. The molecule has 20 heavy (non-hydrogen) atoms. The van der Waals surface area contributed by atoms with Gasteiger partial charge >= 0.3 is 0 Å².